The fourth-order valence-corrected chi connectivity index (χ4v) is 3.39. The molecule has 0 atom stereocenters. The minimum Gasteiger partial charge on any atom is -0.326 e. The summed E-state index contributed by atoms with van der Waals surface area (Å²) in [6.45, 7) is 2.04. The molecular weight excluding hydrogens is 330 g/mol. The molecule has 0 saturated carbocycles. The molecule has 122 valence electrons. The second-order valence-corrected chi connectivity index (χ2v) is 8.44. The van der Waals surface area contributed by atoms with Gasteiger partial charge in [-0.1, -0.05) is 17.7 Å². The van der Waals surface area contributed by atoms with Crippen LogP contribution in [0.25, 0.3) is 0 Å². The molecule has 0 aromatic heterocycles. The van der Waals surface area contributed by atoms with Crippen LogP contribution < -0.4 is 5.32 Å². The van der Waals surface area contributed by atoms with Gasteiger partial charge in [0.15, 0.2) is 9.84 Å². The van der Waals surface area contributed by atoms with Gasteiger partial charge in [0, 0.05) is 29.0 Å². The van der Waals surface area contributed by atoms with Gasteiger partial charge in [-0.3, -0.25) is 4.79 Å². The third kappa shape index (κ3) is 5.73. The lowest BCUT2D eigenvalue weighted by atomic mass is 10.2. The number of nitrogens with one attached hydrogen (secondary N) is 1. The van der Waals surface area contributed by atoms with Crippen molar-refractivity contribution in [3.05, 3.63) is 54.1 Å². The number of benzene rings is 2. The molecule has 0 aliphatic carbocycles. The lowest BCUT2D eigenvalue weighted by Gasteiger charge is -2.06. The first-order valence-electron chi connectivity index (χ1n) is 7.14. The molecule has 0 fully saturated rings. The van der Waals surface area contributed by atoms with E-state index >= 15 is 0 Å². The largest absolute Gasteiger partial charge is 0.326 e. The predicted octanol–water partition coefficient (Wildman–Crippen LogP) is 3.52. The van der Waals surface area contributed by atoms with Gasteiger partial charge >= 0.3 is 0 Å². The van der Waals surface area contributed by atoms with Crippen LogP contribution in [0.5, 0.6) is 0 Å². The maximum Gasteiger partial charge on any atom is 0.225 e. The van der Waals surface area contributed by atoms with Crippen LogP contribution >= 0.6 is 11.8 Å². The Morgan fingerprint density at radius 2 is 1.65 bits per heavy atom. The van der Waals surface area contributed by atoms with Gasteiger partial charge in [0.1, 0.15) is 0 Å². The Labute approximate surface area is 141 Å². The highest BCUT2D eigenvalue weighted by molar-refractivity contribution is 7.99. The van der Waals surface area contributed by atoms with Gasteiger partial charge < -0.3 is 5.32 Å². The van der Waals surface area contributed by atoms with E-state index in [1.807, 2.05) is 31.2 Å². The quantitative estimate of drug-likeness (QED) is 0.811. The molecule has 2 aromatic rings. The van der Waals surface area contributed by atoms with Gasteiger partial charge in [0.25, 0.3) is 0 Å². The molecule has 2 aromatic carbocycles. The van der Waals surface area contributed by atoms with Crippen molar-refractivity contribution in [1.29, 1.82) is 0 Å². The number of aryl methyl sites for hydroxylation is 1. The van der Waals surface area contributed by atoms with Crippen molar-refractivity contribution in [2.75, 3.05) is 17.3 Å². The third-order valence-electron chi connectivity index (χ3n) is 3.19. The number of carbonyl (C=O) groups excluding carboxylic acids is 1. The van der Waals surface area contributed by atoms with E-state index in [2.05, 4.69) is 5.32 Å². The zero-order valence-electron chi connectivity index (χ0n) is 13.1. The fourth-order valence-electron chi connectivity index (χ4n) is 1.91. The van der Waals surface area contributed by atoms with Crippen LogP contribution in [0, 0.1) is 6.92 Å². The molecule has 0 saturated heterocycles. The summed E-state index contributed by atoms with van der Waals surface area (Å²) in [7, 11) is -3.21. The van der Waals surface area contributed by atoms with Crippen molar-refractivity contribution in [3.63, 3.8) is 0 Å². The first kappa shape index (κ1) is 17.6. The van der Waals surface area contributed by atoms with E-state index in [0.717, 1.165) is 11.2 Å². The number of sulfone groups is 1. The molecule has 0 bridgehead atoms. The third-order valence-corrected chi connectivity index (χ3v) is 5.33. The van der Waals surface area contributed by atoms with Gasteiger partial charge in [0.2, 0.25) is 5.91 Å². The highest BCUT2D eigenvalue weighted by Crippen LogP contribution is 2.19. The van der Waals surface area contributed by atoms with E-state index in [9.17, 15) is 13.2 Å². The molecule has 0 unspecified atom stereocenters. The van der Waals surface area contributed by atoms with E-state index < -0.39 is 9.84 Å². The minimum atomic E-state index is -3.21. The molecule has 1 N–H and O–H groups in total. The highest BCUT2D eigenvalue weighted by atomic mass is 32.2. The van der Waals surface area contributed by atoms with Gasteiger partial charge in [-0.2, -0.15) is 0 Å². The standard InChI is InChI=1S/C17H19NO3S2/c1-13-3-7-15(8-4-13)22-12-11-17(19)18-14-5-9-16(10-6-14)23(2,20)21/h3-10H,11-12H2,1-2H3,(H,18,19). The SMILES string of the molecule is Cc1ccc(SCCC(=O)Nc2ccc(S(C)(=O)=O)cc2)cc1. The molecule has 6 heteroatoms. The minimum absolute atomic E-state index is 0.0864. The van der Waals surface area contributed by atoms with Crippen molar-refractivity contribution in [3.8, 4) is 0 Å². The average molecular weight is 349 g/mol. The lowest BCUT2D eigenvalue weighted by molar-refractivity contribution is -0.115. The van der Waals surface area contributed by atoms with Gasteiger partial charge in [-0.15, -0.1) is 11.8 Å². The van der Waals surface area contributed by atoms with Crippen molar-refractivity contribution in [2.45, 2.75) is 23.1 Å². The van der Waals surface area contributed by atoms with Crippen LogP contribution in [0.3, 0.4) is 0 Å². The number of amides is 1. The zero-order valence-corrected chi connectivity index (χ0v) is 14.7. The second kappa shape index (κ2) is 7.66. The summed E-state index contributed by atoms with van der Waals surface area (Å²) >= 11 is 1.63. The Balaban J connectivity index is 1.81. The second-order valence-electron chi connectivity index (χ2n) is 5.26. The molecular formula is C17H19NO3S2. The van der Waals surface area contributed by atoms with Crippen LogP contribution in [0.1, 0.15) is 12.0 Å². The maximum atomic E-state index is 11.9. The Morgan fingerprint density at radius 3 is 2.22 bits per heavy atom. The van der Waals surface area contributed by atoms with Crippen molar-refractivity contribution >= 4 is 33.2 Å². The summed E-state index contributed by atoms with van der Waals surface area (Å²) in [5, 5.41) is 2.77. The molecule has 0 aliphatic heterocycles. The van der Waals surface area contributed by atoms with Crippen LogP contribution in [0.15, 0.2) is 58.3 Å². The summed E-state index contributed by atoms with van der Waals surface area (Å²) in [5.41, 5.74) is 1.81. The van der Waals surface area contributed by atoms with Gasteiger partial charge in [-0.25, -0.2) is 8.42 Å². The van der Waals surface area contributed by atoms with Crippen LogP contribution in [0.2, 0.25) is 0 Å². The van der Waals surface area contributed by atoms with E-state index in [1.165, 1.54) is 17.7 Å². The Morgan fingerprint density at radius 1 is 1.04 bits per heavy atom. The van der Waals surface area contributed by atoms with Crippen LogP contribution in [-0.4, -0.2) is 26.3 Å². The number of carbonyl (C=O) groups is 1. The van der Waals surface area contributed by atoms with Crippen LogP contribution in [-0.2, 0) is 14.6 Å². The number of hydrogen-bond acceptors (Lipinski definition) is 4. The smallest absolute Gasteiger partial charge is 0.225 e. The van der Waals surface area contributed by atoms with Crippen molar-refractivity contribution in [1.82, 2.24) is 0 Å². The summed E-state index contributed by atoms with van der Waals surface area (Å²) in [5.74, 6) is 0.604. The van der Waals surface area contributed by atoms with E-state index in [0.29, 0.717) is 17.9 Å². The monoisotopic (exact) mass is 349 g/mol. The maximum absolute atomic E-state index is 11.9. The first-order valence-corrected chi connectivity index (χ1v) is 10.0. The molecule has 2 rings (SSSR count). The molecule has 0 radical (unpaired) electrons. The topological polar surface area (TPSA) is 63.2 Å². The molecule has 4 nitrogen and oxygen atoms in total. The average Bonchev–Trinajstić information content (AvgIpc) is 2.49. The van der Waals surface area contributed by atoms with Crippen LogP contribution in [0.4, 0.5) is 5.69 Å². The molecule has 1 amide bonds. The summed E-state index contributed by atoms with van der Waals surface area (Å²) in [4.78, 5) is 13.3. The summed E-state index contributed by atoms with van der Waals surface area (Å²) in [6.07, 6.45) is 1.55. The van der Waals surface area contributed by atoms with E-state index in [1.54, 1.807) is 23.9 Å². The van der Waals surface area contributed by atoms with E-state index in [4.69, 9.17) is 0 Å². The Bertz CT molecular complexity index is 766. The van der Waals surface area contributed by atoms with Gasteiger partial charge in [0.05, 0.1) is 4.90 Å². The Kier molecular flexibility index (Phi) is 5.85. The first-order chi connectivity index (χ1) is 10.8. The predicted molar refractivity (Wildman–Crippen MR) is 94.7 cm³/mol. The summed E-state index contributed by atoms with van der Waals surface area (Å²) in [6, 6.07) is 14.4. The number of hydrogen-bond donors (Lipinski definition) is 1. The number of thioether (sulfide) groups is 1. The summed E-state index contributed by atoms with van der Waals surface area (Å²) < 4.78 is 22.7. The van der Waals surface area contributed by atoms with Crippen molar-refractivity contribution in [2.24, 2.45) is 0 Å². The highest BCUT2D eigenvalue weighted by Gasteiger charge is 2.07. The van der Waals surface area contributed by atoms with Crippen molar-refractivity contribution < 1.29 is 13.2 Å². The molecule has 0 heterocycles. The Hall–Kier alpha value is -1.79. The fraction of sp³-hybridized carbons (Fsp3) is 0.235. The van der Waals surface area contributed by atoms with Gasteiger partial charge in [-0.05, 0) is 43.3 Å². The normalized spacial score (nSPS) is 11.2. The number of anilines is 1. The molecule has 0 aliphatic rings. The number of rotatable bonds is 6. The molecule has 23 heavy (non-hydrogen) atoms. The lowest BCUT2D eigenvalue weighted by Crippen LogP contribution is -2.12. The van der Waals surface area contributed by atoms with E-state index in [-0.39, 0.29) is 10.8 Å². The zero-order chi connectivity index (χ0) is 16.9. The molecule has 0 spiro atoms.